The average molecular weight is 249 g/mol. The highest BCUT2D eigenvalue weighted by Crippen LogP contribution is 2.14. The molecule has 0 aromatic carbocycles. The number of nitrogens with one attached hydrogen (secondary N) is 1. The smallest absolute Gasteiger partial charge is 0.343 e. The lowest BCUT2D eigenvalue weighted by Crippen LogP contribution is -2.40. The van der Waals surface area contributed by atoms with Gasteiger partial charge in [0.15, 0.2) is 0 Å². The lowest BCUT2D eigenvalue weighted by atomic mass is 10.2. The van der Waals surface area contributed by atoms with E-state index in [1.165, 1.54) is 0 Å². The number of alkyl halides is 3. The number of halogens is 3. The summed E-state index contributed by atoms with van der Waals surface area (Å²) in [7, 11) is 0. The van der Waals surface area contributed by atoms with Gasteiger partial charge in [-0.1, -0.05) is 0 Å². The summed E-state index contributed by atoms with van der Waals surface area (Å²) in [5.41, 5.74) is 0. The number of hydrogen-bond acceptors (Lipinski definition) is 3. The molecule has 0 aromatic rings. The van der Waals surface area contributed by atoms with E-state index in [2.05, 4.69) is 0 Å². The summed E-state index contributed by atoms with van der Waals surface area (Å²) in [4.78, 5) is 13.2. The van der Waals surface area contributed by atoms with Crippen LogP contribution in [0.3, 0.4) is 0 Å². The molecule has 1 heterocycles. The Kier molecular flexibility index (Phi) is 4.75. The zero-order valence-corrected chi connectivity index (χ0v) is 9.26. The number of carbonyl (C=O) groups is 1. The maximum atomic E-state index is 11.9. The van der Waals surface area contributed by atoms with Crippen molar-refractivity contribution in [3.05, 3.63) is 0 Å². The van der Waals surface area contributed by atoms with Gasteiger partial charge in [-0.2, -0.15) is 18.4 Å². The van der Waals surface area contributed by atoms with E-state index in [0.29, 0.717) is 13.1 Å². The minimum Gasteiger partial charge on any atom is -0.343 e. The first-order valence-electron chi connectivity index (χ1n) is 5.40. The zero-order valence-electron chi connectivity index (χ0n) is 9.26. The molecule has 1 aliphatic heterocycles. The van der Waals surface area contributed by atoms with Crippen LogP contribution in [-0.2, 0) is 4.79 Å². The molecule has 1 N–H and O–H groups in total. The first kappa shape index (κ1) is 13.8. The van der Waals surface area contributed by atoms with Gasteiger partial charge in [-0.15, -0.1) is 0 Å². The van der Waals surface area contributed by atoms with Crippen LogP contribution in [0, 0.1) is 11.3 Å². The van der Waals surface area contributed by atoms with Crippen LogP contribution < -0.4 is 5.32 Å². The largest absolute Gasteiger partial charge is 0.401 e. The molecule has 96 valence electrons. The SMILES string of the molecule is N#CC(CC(=O)N1CCCC1)NCC(F)(F)F. The fourth-order valence-corrected chi connectivity index (χ4v) is 1.67. The van der Waals surface area contributed by atoms with E-state index in [1.807, 2.05) is 5.32 Å². The Morgan fingerprint density at radius 1 is 1.41 bits per heavy atom. The van der Waals surface area contributed by atoms with Gasteiger partial charge in [0.2, 0.25) is 5.91 Å². The van der Waals surface area contributed by atoms with Crippen molar-refractivity contribution < 1.29 is 18.0 Å². The Morgan fingerprint density at radius 2 is 2.00 bits per heavy atom. The van der Waals surface area contributed by atoms with Crippen molar-refractivity contribution in [3.63, 3.8) is 0 Å². The van der Waals surface area contributed by atoms with Crippen molar-refractivity contribution >= 4 is 5.91 Å². The second-order valence-corrected chi connectivity index (χ2v) is 3.97. The van der Waals surface area contributed by atoms with Gasteiger partial charge in [0.05, 0.1) is 19.0 Å². The molecule has 7 heteroatoms. The topological polar surface area (TPSA) is 56.1 Å². The Labute approximate surface area is 97.4 Å². The summed E-state index contributed by atoms with van der Waals surface area (Å²) in [6, 6.07) is 0.591. The van der Waals surface area contributed by atoms with Crippen LogP contribution in [0.15, 0.2) is 0 Å². The van der Waals surface area contributed by atoms with Crippen molar-refractivity contribution in [3.8, 4) is 6.07 Å². The third-order valence-electron chi connectivity index (χ3n) is 2.54. The molecule has 1 amide bonds. The van der Waals surface area contributed by atoms with Gasteiger partial charge < -0.3 is 4.90 Å². The van der Waals surface area contributed by atoms with E-state index in [0.717, 1.165) is 12.8 Å². The molecule has 17 heavy (non-hydrogen) atoms. The van der Waals surface area contributed by atoms with Crippen LogP contribution in [0.1, 0.15) is 19.3 Å². The molecular weight excluding hydrogens is 235 g/mol. The Morgan fingerprint density at radius 3 is 2.47 bits per heavy atom. The molecule has 1 atom stereocenters. The molecule has 0 bridgehead atoms. The highest BCUT2D eigenvalue weighted by molar-refractivity contribution is 5.77. The lowest BCUT2D eigenvalue weighted by Gasteiger charge is -2.18. The van der Waals surface area contributed by atoms with Crippen LogP contribution in [0.5, 0.6) is 0 Å². The Bertz CT molecular complexity index is 305. The van der Waals surface area contributed by atoms with Crippen molar-refractivity contribution in [2.75, 3.05) is 19.6 Å². The third-order valence-corrected chi connectivity index (χ3v) is 2.54. The second-order valence-electron chi connectivity index (χ2n) is 3.97. The summed E-state index contributed by atoms with van der Waals surface area (Å²) in [5.74, 6) is -0.260. The molecule has 0 aromatic heterocycles. The summed E-state index contributed by atoms with van der Waals surface area (Å²) >= 11 is 0. The molecular formula is C10H14F3N3O. The van der Waals surface area contributed by atoms with Crippen molar-refractivity contribution in [2.45, 2.75) is 31.5 Å². The number of rotatable bonds is 4. The highest BCUT2D eigenvalue weighted by atomic mass is 19.4. The van der Waals surface area contributed by atoms with Crippen molar-refractivity contribution in [1.82, 2.24) is 10.2 Å². The molecule has 1 unspecified atom stereocenters. The molecule has 0 saturated carbocycles. The Hall–Kier alpha value is -1.29. The van der Waals surface area contributed by atoms with Crippen molar-refractivity contribution in [1.29, 1.82) is 5.26 Å². The van der Waals surface area contributed by atoms with E-state index in [9.17, 15) is 18.0 Å². The van der Waals surface area contributed by atoms with Gasteiger partial charge >= 0.3 is 6.18 Å². The number of amides is 1. The van der Waals surface area contributed by atoms with Crippen LogP contribution in [-0.4, -0.2) is 42.7 Å². The molecule has 0 spiro atoms. The standard InChI is InChI=1S/C10H14F3N3O/c11-10(12,13)7-15-8(6-14)5-9(17)16-3-1-2-4-16/h8,15H,1-5,7H2. The number of hydrogen-bond donors (Lipinski definition) is 1. The maximum absolute atomic E-state index is 11.9. The second kappa shape index (κ2) is 5.87. The van der Waals surface area contributed by atoms with Crippen LogP contribution >= 0.6 is 0 Å². The fraction of sp³-hybridized carbons (Fsp3) is 0.800. The molecule has 0 aliphatic carbocycles. The normalized spacial score (nSPS) is 17.9. The first-order chi connectivity index (χ1) is 7.92. The van der Waals surface area contributed by atoms with Gasteiger partial charge in [0.1, 0.15) is 6.04 Å². The van der Waals surface area contributed by atoms with Crippen LogP contribution in [0.2, 0.25) is 0 Å². The van der Waals surface area contributed by atoms with Crippen LogP contribution in [0.4, 0.5) is 13.2 Å². The number of likely N-dealkylation sites (tertiary alicyclic amines) is 1. The summed E-state index contributed by atoms with van der Waals surface area (Å²) < 4.78 is 35.8. The number of nitrogens with zero attached hydrogens (tertiary/aromatic N) is 2. The fourth-order valence-electron chi connectivity index (χ4n) is 1.67. The third kappa shape index (κ3) is 5.04. The first-order valence-corrected chi connectivity index (χ1v) is 5.40. The molecule has 1 rings (SSSR count). The van der Waals surface area contributed by atoms with Gasteiger partial charge in [0.25, 0.3) is 0 Å². The lowest BCUT2D eigenvalue weighted by molar-refractivity contribution is -0.133. The van der Waals surface area contributed by atoms with Gasteiger partial charge in [-0.05, 0) is 12.8 Å². The number of nitriles is 1. The van der Waals surface area contributed by atoms with E-state index in [1.54, 1.807) is 11.0 Å². The molecule has 0 radical (unpaired) electrons. The van der Waals surface area contributed by atoms with E-state index in [-0.39, 0.29) is 12.3 Å². The summed E-state index contributed by atoms with van der Waals surface area (Å²) in [6.45, 7) is 0.0189. The number of carbonyl (C=O) groups excluding carboxylic acids is 1. The molecule has 1 fully saturated rings. The highest BCUT2D eigenvalue weighted by Gasteiger charge is 2.29. The quantitative estimate of drug-likeness (QED) is 0.810. The van der Waals surface area contributed by atoms with E-state index < -0.39 is 18.8 Å². The predicted octanol–water partition coefficient (Wildman–Crippen LogP) is 1.04. The van der Waals surface area contributed by atoms with E-state index >= 15 is 0 Å². The maximum Gasteiger partial charge on any atom is 0.401 e. The van der Waals surface area contributed by atoms with Gasteiger partial charge in [-0.25, -0.2) is 0 Å². The van der Waals surface area contributed by atoms with Gasteiger partial charge in [-0.3, -0.25) is 10.1 Å². The monoisotopic (exact) mass is 249 g/mol. The van der Waals surface area contributed by atoms with E-state index in [4.69, 9.17) is 5.26 Å². The van der Waals surface area contributed by atoms with Gasteiger partial charge in [0, 0.05) is 13.1 Å². The average Bonchev–Trinajstić information content (AvgIpc) is 2.75. The Balaban J connectivity index is 2.36. The minimum atomic E-state index is -4.37. The minimum absolute atomic E-state index is 0.202. The molecule has 1 saturated heterocycles. The summed E-state index contributed by atoms with van der Waals surface area (Å²) in [5, 5.41) is 10.7. The molecule has 1 aliphatic rings. The van der Waals surface area contributed by atoms with Crippen molar-refractivity contribution in [2.24, 2.45) is 0 Å². The summed E-state index contributed by atoms with van der Waals surface area (Å²) in [6.07, 6.45) is -2.74. The predicted molar refractivity (Wildman–Crippen MR) is 53.9 cm³/mol. The molecule has 4 nitrogen and oxygen atoms in total. The van der Waals surface area contributed by atoms with Crippen LogP contribution in [0.25, 0.3) is 0 Å². The zero-order chi connectivity index (χ0) is 12.9.